The molecule has 0 aliphatic heterocycles. The molecule has 0 saturated carbocycles. The van der Waals surface area contributed by atoms with E-state index in [9.17, 15) is 4.79 Å². The fourth-order valence-corrected chi connectivity index (χ4v) is 1.53. The minimum atomic E-state index is -0.749. The average Bonchev–Trinajstić information content (AvgIpc) is 2.63. The van der Waals surface area contributed by atoms with Gasteiger partial charge in [0.2, 0.25) is 0 Å². The van der Waals surface area contributed by atoms with E-state index in [1.165, 1.54) is 7.11 Å². The van der Waals surface area contributed by atoms with Crippen molar-refractivity contribution in [3.05, 3.63) is 22.6 Å². The van der Waals surface area contributed by atoms with Gasteiger partial charge in [-0.3, -0.25) is 4.79 Å². The monoisotopic (exact) mass is 275 g/mol. The van der Waals surface area contributed by atoms with E-state index in [0.29, 0.717) is 5.76 Å². The first kappa shape index (κ1) is 12.3. The standard InChI is InChI=1S/C10H14BrNO3/c1-10(2,8(12)9(13)14-3)7-4-6(11)5-15-7/h4-5,8H,12H2,1-3H3. The second kappa shape index (κ2) is 4.37. The van der Waals surface area contributed by atoms with E-state index in [2.05, 4.69) is 20.7 Å². The van der Waals surface area contributed by atoms with E-state index in [1.54, 1.807) is 12.3 Å². The molecule has 0 amide bonds. The van der Waals surface area contributed by atoms with Gasteiger partial charge in [0.1, 0.15) is 18.1 Å². The van der Waals surface area contributed by atoms with Gasteiger partial charge in [-0.1, -0.05) is 13.8 Å². The Bertz CT molecular complexity index is 359. The molecule has 0 fully saturated rings. The van der Waals surface area contributed by atoms with Gasteiger partial charge in [0.15, 0.2) is 0 Å². The molecule has 1 heterocycles. The smallest absolute Gasteiger partial charge is 0.323 e. The SMILES string of the molecule is COC(=O)C(N)C(C)(C)c1cc(Br)co1. The number of nitrogens with two attached hydrogens (primary N) is 1. The summed E-state index contributed by atoms with van der Waals surface area (Å²) in [6.07, 6.45) is 1.56. The van der Waals surface area contributed by atoms with Crippen LogP contribution in [0.25, 0.3) is 0 Å². The molecule has 0 spiro atoms. The van der Waals surface area contributed by atoms with Crippen molar-refractivity contribution in [2.75, 3.05) is 7.11 Å². The number of methoxy groups -OCH3 is 1. The molecule has 1 rings (SSSR count). The number of halogens is 1. The molecule has 1 unspecified atom stereocenters. The molecule has 4 nitrogen and oxygen atoms in total. The second-order valence-corrected chi connectivity index (χ2v) is 4.77. The number of furan rings is 1. The third kappa shape index (κ3) is 2.41. The lowest BCUT2D eigenvalue weighted by molar-refractivity contribution is -0.143. The van der Waals surface area contributed by atoms with E-state index in [-0.39, 0.29) is 0 Å². The van der Waals surface area contributed by atoms with Crippen LogP contribution in [0.3, 0.4) is 0 Å². The summed E-state index contributed by atoms with van der Waals surface area (Å²) < 4.78 is 10.7. The lowest BCUT2D eigenvalue weighted by atomic mass is 9.82. The van der Waals surface area contributed by atoms with Gasteiger partial charge < -0.3 is 14.9 Å². The summed E-state index contributed by atoms with van der Waals surface area (Å²) in [5, 5.41) is 0. The van der Waals surface area contributed by atoms with Gasteiger partial charge >= 0.3 is 5.97 Å². The van der Waals surface area contributed by atoms with Crippen molar-refractivity contribution in [1.82, 2.24) is 0 Å². The van der Waals surface area contributed by atoms with Gasteiger partial charge in [0.25, 0.3) is 0 Å². The van der Waals surface area contributed by atoms with Crippen LogP contribution in [0.2, 0.25) is 0 Å². The Balaban J connectivity index is 2.96. The topological polar surface area (TPSA) is 65.5 Å². The van der Waals surface area contributed by atoms with Crippen LogP contribution in [0.4, 0.5) is 0 Å². The first-order valence-electron chi connectivity index (χ1n) is 4.47. The molecule has 0 bridgehead atoms. The zero-order valence-corrected chi connectivity index (χ0v) is 10.5. The van der Waals surface area contributed by atoms with Gasteiger partial charge in [0, 0.05) is 5.41 Å². The number of carbonyl (C=O) groups excluding carboxylic acids is 1. The van der Waals surface area contributed by atoms with Crippen molar-refractivity contribution in [1.29, 1.82) is 0 Å². The quantitative estimate of drug-likeness (QED) is 0.855. The molecule has 1 atom stereocenters. The first-order valence-corrected chi connectivity index (χ1v) is 5.27. The Hall–Kier alpha value is -0.810. The van der Waals surface area contributed by atoms with Crippen molar-refractivity contribution in [3.8, 4) is 0 Å². The molecule has 1 aromatic rings. The predicted molar refractivity (Wildman–Crippen MR) is 59.4 cm³/mol. The molecule has 0 saturated heterocycles. The molecule has 0 aromatic carbocycles. The minimum absolute atomic E-state index is 0.451. The van der Waals surface area contributed by atoms with Gasteiger partial charge in [-0.25, -0.2) is 0 Å². The summed E-state index contributed by atoms with van der Waals surface area (Å²) in [5.74, 6) is 0.194. The fourth-order valence-electron chi connectivity index (χ4n) is 1.23. The van der Waals surface area contributed by atoms with E-state index in [4.69, 9.17) is 10.2 Å². The normalized spacial score (nSPS) is 13.7. The van der Waals surface area contributed by atoms with Crippen LogP contribution >= 0.6 is 15.9 Å². The van der Waals surface area contributed by atoms with E-state index in [0.717, 1.165) is 4.47 Å². The molecule has 0 radical (unpaired) electrons. The van der Waals surface area contributed by atoms with Crippen LogP contribution in [0, 0.1) is 0 Å². The van der Waals surface area contributed by atoms with Gasteiger partial charge in [-0.2, -0.15) is 0 Å². The van der Waals surface area contributed by atoms with Crippen LogP contribution in [0.15, 0.2) is 21.2 Å². The van der Waals surface area contributed by atoms with E-state index >= 15 is 0 Å². The van der Waals surface area contributed by atoms with Crippen LogP contribution in [0.5, 0.6) is 0 Å². The Morgan fingerprint density at radius 1 is 1.67 bits per heavy atom. The van der Waals surface area contributed by atoms with Crippen LogP contribution < -0.4 is 5.73 Å². The average molecular weight is 276 g/mol. The largest absolute Gasteiger partial charge is 0.468 e. The fraction of sp³-hybridized carbons (Fsp3) is 0.500. The Morgan fingerprint density at radius 2 is 2.27 bits per heavy atom. The van der Waals surface area contributed by atoms with Crippen LogP contribution in [0.1, 0.15) is 19.6 Å². The number of rotatable bonds is 3. The molecule has 0 aliphatic carbocycles. The zero-order valence-electron chi connectivity index (χ0n) is 8.91. The number of hydrogen-bond acceptors (Lipinski definition) is 4. The van der Waals surface area contributed by atoms with Gasteiger partial charge in [-0.15, -0.1) is 0 Å². The first-order chi connectivity index (χ1) is 6.89. The number of esters is 1. The number of hydrogen-bond donors (Lipinski definition) is 1. The highest BCUT2D eigenvalue weighted by molar-refractivity contribution is 9.10. The summed E-state index contributed by atoms with van der Waals surface area (Å²) >= 11 is 3.28. The molecule has 2 N–H and O–H groups in total. The molecule has 0 aliphatic rings. The van der Waals surface area contributed by atoms with Crippen molar-refractivity contribution < 1.29 is 13.9 Å². The van der Waals surface area contributed by atoms with Gasteiger partial charge in [-0.05, 0) is 22.0 Å². The molecular formula is C10H14BrNO3. The van der Waals surface area contributed by atoms with E-state index in [1.807, 2.05) is 13.8 Å². The number of ether oxygens (including phenoxy) is 1. The molecule has 1 aromatic heterocycles. The summed E-state index contributed by atoms with van der Waals surface area (Å²) in [4.78, 5) is 11.3. The van der Waals surface area contributed by atoms with Crippen molar-refractivity contribution in [3.63, 3.8) is 0 Å². The lowest BCUT2D eigenvalue weighted by Crippen LogP contribution is -2.47. The summed E-state index contributed by atoms with van der Waals surface area (Å²) in [6.45, 7) is 3.67. The molecule has 5 heteroatoms. The van der Waals surface area contributed by atoms with Crippen molar-refractivity contribution in [2.24, 2.45) is 5.73 Å². The second-order valence-electron chi connectivity index (χ2n) is 3.85. The number of carbonyl (C=O) groups is 1. The maximum atomic E-state index is 11.3. The van der Waals surface area contributed by atoms with Crippen molar-refractivity contribution >= 4 is 21.9 Å². The molecular weight excluding hydrogens is 262 g/mol. The highest BCUT2D eigenvalue weighted by atomic mass is 79.9. The maximum Gasteiger partial charge on any atom is 0.323 e. The van der Waals surface area contributed by atoms with E-state index < -0.39 is 17.4 Å². The predicted octanol–water partition coefficient (Wildman–Crippen LogP) is 1.82. The maximum absolute atomic E-state index is 11.3. The third-order valence-electron chi connectivity index (χ3n) is 2.44. The lowest BCUT2D eigenvalue weighted by Gasteiger charge is -2.27. The Morgan fingerprint density at radius 3 is 2.67 bits per heavy atom. The Labute approximate surface area is 96.9 Å². The van der Waals surface area contributed by atoms with Crippen LogP contribution in [-0.4, -0.2) is 19.1 Å². The third-order valence-corrected chi connectivity index (χ3v) is 2.85. The zero-order chi connectivity index (χ0) is 11.6. The van der Waals surface area contributed by atoms with Crippen LogP contribution in [-0.2, 0) is 14.9 Å². The molecule has 15 heavy (non-hydrogen) atoms. The highest BCUT2D eigenvalue weighted by Gasteiger charge is 2.37. The minimum Gasteiger partial charge on any atom is -0.468 e. The Kier molecular flexibility index (Phi) is 3.57. The van der Waals surface area contributed by atoms with Crippen molar-refractivity contribution in [2.45, 2.75) is 25.3 Å². The van der Waals surface area contributed by atoms with Gasteiger partial charge in [0.05, 0.1) is 11.6 Å². The summed E-state index contributed by atoms with van der Waals surface area (Å²) in [7, 11) is 1.32. The summed E-state index contributed by atoms with van der Waals surface area (Å²) in [6, 6.07) is 1.04. The summed E-state index contributed by atoms with van der Waals surface area (Å²) in [5.41, 5.74) is 5.20. The highest BCUT2D eigenvalue weighted by Crippen LogP contribution is 2.30. The molecule has 84 valence electrons.